The fourth-order valence-electron chi connectivity index (χ4n) is 4.13. The summed E-state index contributed by atoms with van der Waals surface area (Å²) < 4.78 is 1.12. The summed E-state index contributed by atoms with van der Waals surface area (Å²) in [6.45, 7) is 1.92. The summed E-state index contributed by atoms with van der Waals surface area (Å²) in [5, 5.41) is 23.7. The van der Waals surface area contributed by atoms with Crippen molar-refractivity contribution < 1.29 is 10.2 Å². The molecule has 0 spiro atoms. The molecule has 3 atom stereocenters. The molecule has 8 heteroatoms. The summed E-state index contributed by atoms with van der Waals surface area (Å²) in [7, 11) is 0. The second kappa shape index (κ2) is 9.48. The van der Waals surface area contributed by atoms with Gasteiger partial charge in [-0.2, -0.15) is 0 Å². The molecule has 1 saturated carbocycles. The Hall–Kier alpha value is -2.99. The monoisotopic (exact) mass is 461 g/mol. The maximum Gasteiger partial charge on any atom is 0.184 e. The number of fused-ring (bicyclic) bond motifs is 2. The van der Waals surface area contributed by atoms with Gasteiger partial charge in [-0.1, -0.05) is 42.1 Å². The number of pyridine rings is 1. The van der Waals surface area contributed by atoms with E-state index in [4.69, 9.17) is 10.1 Å². The van der Waals surface area contributed by atoms with Crippen LogP contribution in [0, 0.1) is 17.8 Å². The molecule has 1 aromatic carbocycles. The molecule has 3 aromatic heterocycles. The number of hydrogen-bond acceptors (Lipinski definition) is 7. The van der Waals surface area contributed by atoms with Gasteiger partial charge in [0.2, 0.25) is 0 Å². The number of thiazole rings is 1. The van der Waals surface area contributed by atoms with Crippen LogP contribution in [-0.2, 0) is 6.42 Å². The van der Waals surface area contributed by atoms with E-state index in [-0.39, 0.29) is 24.7 Å². The first kappa shape index (κ1) is 21.8. The summed E-state index contributed by atoms with van der Waals surface area (Å²) in [6, 6.07) is 8.31. The van der Waals surface area contributed by atoms with Crippen LogP contribution in [0.15, 0.2) is 30.5 Å². The van der Waals surface area contributed by atoms with Crippen LogP contribution in [0.3, 0.4) is 0 Å². The van der Waals surface area contributed by atoms with Crippen LogP contribution in [0.2, 0.25) is 0 Å². The third kappa shape index (κ3) is 5.01. The normalized spacial score (nSPS) is 19.4. The van der Waals surface area contributed by atoms with E-state index < -0.39 is 0 Å². The molecule has 0 saturated heterocycles. The van der Waals surface area contributed by atoms with Crippen LogP contribution < -0.4 is 5.32 Å². The molecule has 33 heavy (non-hydrogen) atoms. The minimum Gasteiger partial charge on any atom is -0.395 e. The molecule has 0 amide bonds. The van der Waals surface area contributed by atoms with Gasteiger partial charge in [0.15, 0.2) is 10.8 Å². The van der Waals surface area contributed by atoms with Gasteiger partial charge in [-0.05, 0) is 43.5 Å². The minimum absolute atomic E-state index is 0.0427. The van der Waals surface area contributed by atoms with E-state index in [1.807, 2.05) is 19.1 Å². The number of aromatic amines is 1. The number of aliphatic hydroxyl groups excluding tert-OH is 2. The van der Waals surface area contributed by atoms with Crippen LogP contribution in [-0.4, -0.2) is 48.9 Å². The number of aliphatic hydroxyl groups is 2. The average Bonchev–Trinajstić information content (AvgIpc) is 3.41. The van der Waals surface area contributed by atoms with Gasteiger partial charge in [0.1, 0.15) is 5.82 Å². The largest absolute Gasteiger partial charge is 0.395 e. The summed E-state index contributed by atoms with van der Waals surface area (Å²) in [4.78, 5) is 17.1. The Morgan fingerprint density at radius 3 is 2.97 bits per heavy atom. The van der Waals surface area contributed by atoms with Crippen molar-refractivity contribution in [3.8, 4) is 11.8 Å². The van der Waals surface area contributed by atoms with Gasteiger partial charge in [-0.3, -0.25) is 0 Å². The highest BCUT2D eigenvalue weighted by atomic mass is 32.1. The van der Waals surface area contributed by atoms with Gasteiger partial charge in [0.05, 0.1) is 34.5 Å². The number of H-pyrrole nitrogens is 1. The van der Waals surface area contributed by atoms with E-state index >= 15 is 0 Å². The van der Waals surface area contributed by atoms with E-state index in [0.29, 0.717) is 12.1 Å². The van der Waals surface area contributed by atoms with Gasteiger partial charge in [-0.25, -0.2) is 15.0 Å². The molecule has 0 bridgehead atoms. The average molecular weight is 462 g/mol. The summed E-state index contributed by atoms with van der Waals surface area (Å²) in [5.41, 5.74) is 4.42. The summed E-state index contributed by atoms with van der Waals surface area (Å²) >= 11 is 1.62. The Balaban J connectivity index is 1.32. The number of nitrogens with one attached hydrogen (secondary N) is 2. The molecule has 1 unspecified atom stereocenters. The molecular weight excluding hydrogens is 434 g/mol. The molecule has 1 aliphatic carbocycles. The van der Waals surface area contributed by atoms with Gasteiger partial charge in [-0.15, -0.1) is 0 Å². The number of imidazole rings is 1. The van der Waals surface area contributed by atoms with E-state index in [9.17, 15) is 5.11 Å². The molecule has 1 fully saturated rings. The molecule has 0 aliphatic heterocycles. The highest BCUT2D eigenvalue weighted by molar-refractivity contribution is 7.22. The molecule has 7 nitrogen and oxygen atoms in total. The fraction of sp³-hybridized carbons (Fsp3) is 0.400. The molecular formula is C25H27N5O2S. The molecule has 0 radical (unpaired) electrons. The van der Waals surface area contributed by atoms with Crippen molar-refractivity contribution >= 4 is 37.8 Å². The van der Waals surface area contributed by atoms with Crippen molar-refractivity contribution in [3.05, 3.63) is 47.4 Å². The number of anilines is 1. The standard InChI is InChI=1S/C25H27N5O2S/c1-15(14-31)6-7-17-10-20-24(26-13-17)30-23(27-20)12-16-8-9-19-22(11-16)33-25(29-19)28-18-4-2-3-5-21(18)32/h8-11,13,15,18,21,31-32H,2-5,12,14H2,1H3,(H,28,29)(H,26,27,30)/t15?,18-,21-/m1/s1. The Bertz CT molecular complexity index is 1340. The minimum atomic E-state index is -0.299. The maximum absolute atomic E-state index is 10.2. The molecule has 5 rings (SSSR count). The second-order valence-corrected chi connectivity index (χ2v) is 9.76. The Labute approximate surface area is 196 Å². The lowest BCUT2D eigenvalue weighted by atomic mass is 9.93. The van der Waals surface area contributed by atoms with Crippen molar-refractivity contribution in [1.29, 1.82) is 0 Å². The van der Waals surface area contributed by atoms with Gasteiger partial charge in [0, 0.05) is 24.1 Å². The first-order valence-electron chi connectivity index (χ1n) is 11.4. The number of rotatable bonds is 5. The number of benzene rings is 1. The quantitative estimate of drug-likeness (QED) is 0.336. The molecule has 3 heterocycles. The van der Waals surface area contributed by atoms with Gasteiger partial charge >= 0.3 is 0 Å². The predicted octanol–water partition coefficient (Wildman–Crippen LogP) is 3.85. The third-order valence-corrected chi connectivity index (χ3v) is 6.94. The predicted molar refractivity (Wildman–Crippen MR) is 131 cm³/mol. The van der Waals surface area contributed by atoms with Crippen molar-refractivity contribution in [1.82, 2.24) is 19.9 Å². The van der Waals surface area contributed by atoms with Gasteiger partial charge < -0.3 is 20.5 Å². The lowest BCUT2D eigenvalue weighted by Crippen LogP contribution is -2.36. The Morgan fingerprint density at radius 2 is 2.12 bits per heavy atom. The topological polar surface area (TPSA) is 107 Å². The first-order chi connectivity index (χ1) is 16.1. The fourth-order valence-corrected chi connectivity index (χ4v) is 5.12. The number of aromatic nitrogens is 4. The first-order valence-corrected chi connectivity index (χ1v) is 12.2. The van der Waals surface area contributed by atoms with E-state index in [0.717, 1.165) is 63.5 Å². The lowest BCUT2D eigenvalue weighted by Gasteiger charge is -2.27. The molecule has 1 aliphatic rings. The van der Waals surface area contributed by atoms with Crippen molar-refractivity contribution in [2.75, 3.05) is 11.9 Å². The van der Waals surface area contributed by atoms with Crippen LogP contribution in [0.4, 0.5) is 5.13 Å². The third-order valence-electron chi connectivity index (χ3n) is 5.99. The van der Waals surface area contributed by atoms with Crippen LogP contribution in [0.1, 0.15) is 49.6 Å². The number of hydrogen-bond donors (Lipinski definition) is 4. The zero-order chi connectivity index (χ0) is 22.8. The smallest absolute Gasteiger partial charge is 0.184 e. The van der Waals surface area contributed by atoms with E-state index in [1.54, 1.807) is 17.5 Å². The van der Waals surface area contributed by atoms with Crippen molar-refractivity contribution in [3.63, 3.8) is 0 Å². The second-order valence-electron chi connectivity index (χ2n) is 8.73. The summed E-state index contributed by atoms with van der Waals surface area (Å²) in [5.74, 6) is 6.84. The van der Waals surface area contributed by atoms with Crippen LogP contribution in [0.25, 0.3) is 21.4 Å². The summed E-state index contributed by atoms with van der Waals surface area (Å²) in [6.07, 6.45) is 6.16. The maximum atomic E-state index is 10.2. The SMILES string of the molecule is CC(C#Cc1cnc2nc(Cc3ccc4nc(N[C@@H]5CCCC[C@H]5O)sc4c3)[nH]c2c1)CO. The molecule has 4 aromatic rings. The van der Waals surface area contributed by atoms with Crippen molar-refractivity contribution in [2.24, 2.45) is 5.92 Å². The van der Waals surface area contributed by atoms with Crippen LogP contribution in [0.5, 0.6) is 0 Å². The van der Waals surface area contributed by atoms with Crippen LogP contribution >= 0.6 is 11.3 Å². The number of nitrogens with zero attached hydrogens (tertiary/aromatic N) is 3. The van der Waals surface area contributed by atoms with E-state index in [1.165, 1.54) is 0 Å². The highest BCUT2D eigenvalue weighted by Crippen LogP contribution is 2.30. The van der Waals surface area contributed by atoms with Crippen molar-refractivity contribution in [2.45, 2.75) is 51.2 Å². The Morgan fingerprint density at radius 1 is 1.24 bits per heavy atom. The Kier molecular flexibility index (Phi) is 6.27. The van der Waals surface area contributed by atoms with Gasteiger partial charge in [0.25, 0.3) is 0 Å². The van der Waals surface area contributed by atoms with E-state index in [2.05, 4.69) is 44.2 Å². The highest BCUT2D eigenvalue weighted by Gasteiger charge is 2.23. The zero-order valence-electron chi connectivity index (χ0n) is 18.5. The molecule has 170 valence electrons. The lowest BCUT2D eigenvalue weighted by molar-refractivity contribution is 0.116. The molecule has 4 N–H and O–H groups in total. The zero-order valence-corrected chi connectivity index (χ0v) is 19.3.